The van der Waals surface area contributed by atoms with Gasteiger partial charge in [0, 0.05) is 12.7 Å². The van der Waals surface area contributed by atoms with E-state index in [4.69, 9.17) is 5.84 Å². The van der Waals surface area contributed by atoms with Crippen LogP contribution in [0.4, 0.5) is 5.82 Å². The Bertz CT molecular complexity index is 424. The monoisotopic (exact) mass is 262 g/mol. The SMILES string of the molecule is CCC1(CNC(=O)c2ccc(NN)nc2)CCCC1. The number of amides is 1. The minimum atomic E-state index is -0.0594. The van der Waals surface area contributed by atoms with Gasteiger partial charge in [0.05, 0.1) is 5.56 Å². The van der Waals surface area contributed by atoms with E-state index in [2.05, 4.69) is 22.7 Å². The van der Waals surface area contributed by atoms with Crippen LogP contribution in [0.15, 0.2) is 18.3 Å². The summed E-state index contributed by atoms with van der Waals surface area (Å²) in [4.78, 5) is 16.1. The molecule has 5 heteroatoms. The first-order valence-electron chi connectivity index (χ1n) is 6.90. The number of nitrogens with zero attached hydrogens (tertiary/aromatic N) is 1. The quantitative estimate of drug-likeness (QED) is 0.560. The molecule has 1 aromatic rings. The molecule has 0 unspecified atom stereocenters. The van der Waals surface area contributed by atoms with Crippen molar-refractivity contribution in [3.05, 3.63) is 23.9 Å². The number of nitrogens with one attached hydrogen (secondary N) is 2. The third kappa shape index (κ3) is 3.23. The molecule has 1 saturated carbocycles. The number of nitrogens with two attached hydrogens (primary N) is 1. The second kappa shape index (κ2) is 6.02. The average molecular weight is 262 g/mol. The summed E-state index contributed by atoms with van der Waals surface area (Å²) in [6.07, 6.45) is 7.67. The fraction of sp³-hybridized carbons (Fsp3) is 0.571. The molecule has 104 valence electrons. The van der Waals surface area contributed by atoms with Gasteiger partial charge in [0.15, 0.2) is 0 Å². The van der Waals surface area contributed by atoms with Crippen LogP contribution in [-0.2, 0) is 0 Å². The molecule has 19 heavy (non-hydrogen) atoms. The molecule has 0 aliphatic heterocycles. The number of carbonyl (C=O) groups excluding carboxylic acids is 1. The lowest BCUT2D eigenvalue weighted by Gasteiger charge is -2.27. The molecule has 4 N–H and O–H groups in total. The van der Waals surface area contributed by atoms with Gasteiger partial charge in [0.25, 0.3) is 5.91 Å². The van der Waals surface area contributed by atoms with Gasteiger partial charge in [-0.3, -0.25) is 4.79 Å². The first kappa shape index (κ1) is 13.8. The van der Waals surface area contributed by atoms with E-state index in [0.29, 0.717) is 16.8 Å². The molecule has 0 spiro atoms. The van der Waals surface area contributed by atoms with E-state index in [-0.39, 0.29) is 5.91 Å². The van der Waals surface area contributed by atoms with E-state index in [1.54, 1.807) is 12.1 Å². The summed E-state index contributed by atoms with van der Waals surface area (Å²) in [5.74, 6) is 5.73. The number of hydrazine groups is 1. The van der Waals surface area contributed by atoms with Crippen LogP contribution >= 0.6 is 0 Å². The number of aromatic nitrogens is 1. The number of hydrogen-bond acceptors (Lipinski definition) is 4. The molecule has 2 rings (SSSR count). The third-order valence-electron chi connectivity index (χ3n) is 4.21. The highest BCUT2D eigenvalue weighted by atomic mass is 16.1. The number of hydrogen-bond donors (Lipinski definition) is 3. The van der Waals surface area contributed by atoms with Crippen LogP contribution < -0.4 is 16.6 Å². The summed E-state index contributed by atoms with van der Waals surface area (Å²) in [6, 6.07) is 3.42. The first-order chi connectivity index (χ1) is 9.19. The Balaban J connectivity index is 1.93. The van der Waals surface area contributed by atoms with Crippen molar-refractivity contribution in [1.29, 1.82) is 0 Å². The molecule has 0 atom stereocenters. The van der Waals surface area contributed by atoms with Crippen molar-refractivity contribution in [2.45, 2.75) is 39.0 Å². The molecule has 5 nitrogen and oxygen atoms in total. The van der Waals surface area contributed by atoms with E-state index in [9.17, 15) is 4.79 Å². The lowest BCUT2D eigenvalue weighted by Crippen LogP contribution is -2.35. The molecule has 1 aliphatic carbocycles. The van der Waals surface area contributed by atoms with E-state index >= 15 is 0 Å². The Hall–Kier alpha value is -1.62. The highest BCUT2D eigenvalue weighted by Gasteiger charge is 2.32. The molecular formula is C14H22N4O. The molecular weight excluding hydrogens is 240 g/mol. The fourth-order valence-corrected chi connectivity index (χ4v) is 2.76. The number of anilines is 1. The van der Waals surface area contributed by atoms with Gasteiger partial charge in [-0.25, -0.2) is 10.8 Å². The summed E-state index contributed by atoms with van der Waals surface area (Å²) in [7, 11) is 0. The van der Waals surface area contributed by atoms with Crippen LogP contribution in [0, 0.1) is 5.41 Å². The van der Waals surface area contributed by atoms with Crippen LogP contribution in [-0.4, -0.2) is 17.4 Å². The average Bonchev–Trinajstić information content (AvgIpc) is 2.94. The number of rotatable bonds is 5. The molecule has 0 bridgehead atoms. The van der Waals surface area contributed by atoms with Crippen molar-refractivity contribution in [2.75, 3.05) is 12.0 Å². The van der Waals surface area contributed by atoms with E-state index < -0.39 is 0 Å². The lowest BCUT2D eigenvalue weighted by atomic mass is 9.83. The Morgan fingerprint density at radius 2 is 2.16 bits per heavy atom. The maximum atomic E-state index is 12.1. The molecule has 0 aromatic carbocycles. The predicted molar refractivity (Wildman–Crippen MR) is 75.6 cm³/mol. The van der Waals surface area contributed by atoms with Gasteiger partial charge in [-0.15, -0.1) is 0 Å². The Morgan fingerprint density at radius 1 is 1.42 bits per heavy atom. The van der Waals surface area contributed by atoms with Crippen molar-refractivity contribution in [1.82, 2.24) is 10.3 Å². The topological polar surface area (TPSA) is 80.0 Å². The lowest BCUT2D eigenvalue weighted by molar-refractivity contribution is 0.0928. The second-order valence-corrected chi connectivity index (χ2v) is 5.32. The maximum absolute atomic E-state index is 12.1. The van der Waals surface area contributed by atoms with E-state index in [1.807, 2.05) is 0 Å². The first-order valence-corrected chi connectivity index (χ1v) is 6.90. The summed E-state index contributed by atoms with van der Waals surface area (Å²) in [5, 5.41) is 3.04. The van der Waals surface area contributed by atoms with E-state index in [1.165, 1.54) is 31.9 Å². The highest BCUT2D eigenvalue weighted by molar-refractivity contribution is 5.94. The molecule has 0 radical (unpaired) electrons. The molecule has 0 saturated heterocycles. The van der Waals surface area contributed by atoms with Crippen LogP contribution in [0.5, 0.6) is 0 Å². The summed E-state index contributed by atoms with van der Waals surface area (Å²) < 4.78 is 0. The predicted octanol–water partition coefficient (Wildman–Crippen LogP) is 2.07. The smallest absolute Gasteiger partial charge is 0.252 e. The second-order valence-electron chi connectivity index (χ2n) is 5.32. The normalized spacial score (nSPS) is 17.2. The minimum Gasteiger partial charge on any atom is -0.351 e. The highest BCUT2D eigenvalue weighted by Crippen LogP contribution is 2.40. The molecule has 1 aliphatic rings. The van der Waals surface area contributed by atoms with Crippen molar-refractivity contribution in [2.24, 2.45) is 11.3 Å². The van der Waals surface area contributed by atoms with Crippen molar-refractivity contribution in [3.63, 3.8) is 0 Å². The zero-order valence-electron chi connectivity index (χ0n) is 11.4. The Morgan fingerprint density at radius 3 is 2.68 bits per heavy atom. The maximum Gasteiger partial charge on any atom is 0.252 e. The zero-order valence-corrected chi connectivity index (χ0v) is 11.4. The van der Waals surface area contributed by atoms with Gasteiger partial charge in [0.1, 0.15) is 5.82 Å². The Kier molecular flexibility index (Phi) is 4.37. The fourth-order valence-electron chi connectivity index (χ4n) is 2.76. The van der Waals surface area contributed by atoms with Gasteiger partial charge >= 0.3 is 0 Å². The van der Waals surface area contributed by atoms with Gasteiger partial charge in [-0.05, 0) is 36.8 Å². The minimum absolute atomic E-state index is 0.0594. The van der Waals surface area contributed by atoms with Crippen molar-refractivity contribution in [3.8, 4) is 0 Å². The standard InChI is InChI=1S/C14H22N4O/c1-2-14(7-3-4-8-14)10-17-13(19)11-5-6-12(18-15)16-9-11/h5-6,9H,2-4,7-8,10,15H2,1H3,(H,16,18)(H,17,19). The molecule has 1 aromatic heterocycles. The van der Waals surface area contributed by atoms with Gasteiger partial charge in [0.2, 0.25) is 0 Å². The van der Waals surface area contributed by atoms with Crippen molar-refractivity contribution < 1.29 is 4.79 Å². The van der Waals surface area contributed by atoms with Gasteiger partial charge in [-0.2, -0.15) is 0 Å². The molecule has 1 amide bonds. The zero-order chi connectivity index (χ0) is 13.7. The van der Waals surface area contributed by atoms with Gasteiger partial charge in [-0.1, -0.05) is 19.8 Å². The molecule has 1 heterocycles. The van der Waals surface area contributed by atoms with Crippen LogP contribution in [0.2, 0.25) is 0 Å². The molecule has 1 fully saturated rings. The summed E-state index contributed by atoms with van der Waals surface area (Å²) >= 11 is 0. The Labute approximate surface area is 114 Å². The van der Waals surface area contributed by atoms with Crippen molar-refractivity contribution >= 4 is 11.7 Å². The number of pyridine rings is 1. The number of nitrogen functional groups attached to an aromatic ring is 1. The van der Waals surface area contributed by atoms with Gasteiger partial charge < -0.3 is 10.7 Å². The summed E-state index contributed by atoms with van der Waals surface area (Å²) in [5.41, 5.74) is 3.32. The van der Waals surface area contributed by atoms with Crippen LogP contribution in [0.1, 0.15) is 49.4 Å². The van der Waals surface area contributed by atoms with Crippen LogP contribution in [0.25, 0.3) is 0 Å². The third-order valence-corrected chi connectivity index (χ3v) is 4.21. The largest absolute Gasteiger partial charge is 0.351 e. The van der Waals surface area contributed by atoms with Crippen LogP contribution in [0.3, 0.4) is 0 Å². The van der Waals surface area contributed by atoms with E-state index in [0.717, 1.165) is 13.0 Å². The number of carbonyl (C=O) groups is 1. The summed E-state index contributed by atoms with van der Waals surface area (Å²) in [6.45, 7) is 2.97.